The summed E-state index contributed by atoms with van der Waals surface area (Å²) in [4.78, 5) is 0. The van der Waals surface area contributed by atoms with Crippen molar-refractivity contribution in [1.29, 1.82) is 0 Å². The van der Waals surface area contributed by atoms with Gasteiger partial charge >= 0.3 is 7.12 Å². The molecule has 1 aromatic rings. The van der Waals surface area contributed by atoms with E-state index in [0.717, 1.165) is 11.1 Å². The fraction of sp³-hybridized carbons (Fsp3) is 0.200. The molecule has 1 N–H and O–H groups in total. The highest BCUT2D eigenvalue weighted by molar-refractivity contribution is 6.52. The Morgan fingerprint density at radius 2 is 2.00 bits per heavy atom. The number of benzene rings is 1. The Hall–Kier alpha value is -1.06. The van der Waals surface area contributed by atoms with Crippen LogP contribution in [0.2, 0.25) is 0 Å². The summed E-state index contributed by atoms with van der Waals surface area (Å²) in [6, 6.07) is 8.20. The lowest BCUT2D eigenvalue weighted by atomic mass is 9.89. The summed E-state index contributed by atoms with van der Waals surface area (Å²) in [5.41, 5.74) is 3.43. The highest BCUT2D eigenvalue weighted by atomic mass is 16.5. The molecule has 0 aliphatic carbocycles. The normalized spacial score (nSPS) is 16.2. The summed E-state index contributed by atoms with van der Waals surface area (Å²) in [5.74, 6) is 1.74. The van der Waals surface area contributed by atoms with Crippen LogP contribution in [0.4, 0.5) is 0 Å². The second kappa shape index (κ2) is 3.36. The van der Waals surface area contributed by atoms with E-state index in [2.05, 4.69) is 19.1 Å². The first-order valence-corrected chi connectivity index (χ1v) is 4.33. The molecule has 0 spiro atoms. The van der Waals surface area contributed by atoms with E-state index in [1.54, 1.807) is 5.98 Å². The van der Waals surface area contributed by atoms with Gasteiger partial charge in [0.25, 0.3) is 0 Å². The highest BCUT2D eigenvalue weighted by Crippen LogP contribution is 2.20. The maximum absolute atomic E-state index is 9.12. The van der Waals surface area contributed by atoms with Gasteiger partial charge in [0.15, 0.2) is 0 Å². The molecule has 1 aliphatic heterocycles. The van der Waals surface area contributed by atoms with Crippen LogP contribution in [0, 0.1) is 6.92 Å². The van der Waals surface area contributed by atoms with Gasteiger partial charge < -0.3 is 9.68 Å². The SMILES string of the molecule is Cc1ccc(C2=CB(O)OC2)cc1. The molecule has 0 unspecified atom stereocenters. The van der Waals surface area contributed by atoms with E-state index in [1.165, 1.54) is 5.56 Å². The molecule has 0 fully saturated rings. The van der Waals surface area contributed by atoms with Crippen LogP contribution in [0.25, 0.3) is 5.57 Å². The van der Waals surface area contributed by atoms with Crippen LogP contribution in [0.15, 0.2) is 30.2 Å². The number of hydrogen-bond acceptors (Lipinski definition) is 2. The lowest BCUT2D eigenvalue weighted by molar-refractivity contribution is 0.319. The Kier molecular flexibility index (Phi) is 2.21. The minimum atomic E-state index is -0.726. The van der Waals surface area contributed by atoms with Crippen molar-refractivity contribution in [3.8, 4) is 0 Å². The molecule has 66 valence electrons. The lowest BCUT2D eigenvalue weighted by Crippen LogP contribution is -2.07. The van der Waals surface area contributed by atoms with Crippen LogP contribution in [0.1, 0.15) is 11.1 Å². The van der Waals surface area contributed by atoms with Crippen molar-refractivity contribution in [2.45, 2.75) is 6.92 Å². The summed E-state index contributed by atoms with van der Waals surface area (Å²) in [7, 11) is -0.726. The molecule has 0 bridgehead atoms. The maximum atomic E-state index is 9.12. The standard InChI is InChI=1S/C10H11BO2/c1-8-2-4-9(5-3-8)10-6-11(12)13-7-10/h2-6,12H,7H2,1H3. The summed E-state index contributed by atoms with van der Waals surface area (Å²) >= 11 is 0. The summed E-state index contributed by atoms with van der Waals surface area (Å²) < 4.78 is 5.01. The third-order valence-electron chi connectivity index (χ3n) is 2.18. The van der Waals surface area contributed by atoms with E-state index >= 15 is 0 Å². The van der Waals surface area contributed by atoms with Gasteiger partial charge in [-0.3, -0.25) is 0 Å². The molecule has 2 nitrogen and oxygen atoms in total. The molecule has 1 aliphatic rings. The molecule has 0 saturated carbocycles. The van der Waals surface area contributed by atoms with Crippen LogP contribution >= 0.6 is 0 Å². The van der Waals surface area contributed by atoms with E-state index in [0.29, 0.717) is 6.61 Å². The van der Waals surface area contributed by atoms with Crippen LogP contribution in [0.3, 0.4) is 0 Å². The molecule has 1 aromatic carbocycles. The number of rotatable bonds is 1. The van der Waals surface area contributed by atoms with E-state index in [9.17, 15) is 0 Å². The molecule has 0 amide bonds. The average Bonchev–Trinajstić information content (AvgIpc) is 2.53. The Balaban J connectivity index is 2.26. The lowest BCUT2D eigenvalue weighted by Gasteiger charge is -2.01. The minimum Gasteiger partial charge on any atom is -0.423 e. The predicted octanol–water partition coefficient (Wildman–Crippen LogP) is 1.43. The maximum Gasteiger partial charge on any atom is 0.484 e. The Labute approximate surface area is 78.0 Å². The minimum absolute atomic E-state index is 0.504. The average molecular weight is 174 g/mol. The quantitative estimate of drug-likeness (QED) is 0.652. The fourth-order valence-corrected chi connectivity index (χ4v) is 1.39. The van der Waals surface area contributed by atoms with Crippen molar-refractivity contribution in [3.05, 3.63) is 41.4 Å². The monoisotopic (exact) mass is 174 g/mol. The summed E-state index contributed by atoms with van der Waals surface area (Å²) in [5, 5.41) is 9.12. The molecular formula is C10H11BO2. The topological polar surface area (TPSA) is 29.5 Å². The molecule has 0 aromatic heterocycles. The van der Waals surface area contributed by atoms with Crippen molar-refractivity contribution in [1.82, 2.24) is 0 Å². The second-order valence-corrected chi connectivity index (χ2v) is 3.26. The van der Waals surface area contributed by atoms with Gasteiger partial charge in [0.2, 0.25) is 0 Å². The van der Waals surface area contributed by atoms with Crippen LogP contribution in [-0.2, 0) is 4.65 Å². The van der Waals surface area contributed by atoms with Gasteiger partial charge in [0.05, 0.1) is 6.61 Å². The Morgan fingerprint density at radius 1 is 1.31 bits per heavy atom. The smallest absolute Gasteiger partial charge is 0.423 e. The van der Waals surface area contributed by atoms with Crippen LogP contribution in [0.5, 0.6) is 0 Å². The third-order valence-corrected chi connectivity index (χ3v) is 2.18. The molecule has 0 radical (unpaired) electrons. The van der Waals surface area contributed by atoms with Crippen molar-refractivity contribution in [2.24, 2.45) is 0 Å². The largest absolute Gasteiger partial charge is 0.484 e. The van der Waals surface area contributed by atoms with Crippen LogP contribution < -0.4 is 0 Å². The molecule has 0 saturated heterocycles. The highest BCUT2D eigenvalue weighted by Gasteiger charge is 2.19. The Bertz CT molecular complexity index is 329. The molecule has 2 rings (SSSR count). The third kappa shape index (κ3) is 1.82. The Morgan fingerprint density at radius 3 is 2.54 bits per heavy atom. The summed E-state index contributed by atoms with van der Waals surface area (Å²) in [6.45, 7) is 2.56. The first-order chi connectivity index (χ1) is 6.25. The number of aryl methyl sites for hydroxylation is 1. The van der Waals surface area contributed by atoms with Gasteiger partial charge in [-0.25, -0.2) is 0 Å². The summed E-state index contributed by atoms with van der Waals surface area (Å²) in [6.07, 6.45) is 0. The number of hydrogen-bond donors (Lipinski definition) is 1. The van der Waals surface area contributed by atoms with Crippen molar-refractivity contribution in [3.63, 3.8) is 0 Å². The van der Waals surface area contributed by atoms with Crippen molar-refractivity contribution in [2.75, 3.05) is 6.61 Å². The van der Waals surface area contributed by atoms with Crippen molar-refractivity contribution < 1.29 is 9.68 Å². The van der Waals surface area contributed by atoms with Crippen LogP contribution in [-0.4, -0.2) is 18.7 Å². The van der Waals surface area contributed by atoms with E-state index < -0.39 is 7.12 Å². The van der Waals surface area contributed by atoms with E-state index in [-0.39, 0.29) is 0 Å². The zero-order valence-corrected chi connectivity index (χ0v) is 7.53. The molecular weight excluding hydrogens is 163 g/mol. The van der Waals surface area contributed by atoms with Crippen molar-refractivity contribution >= 4 is 12.7 Å². The van der Waals surface area contributed by atoms with Gasteiger partial charge in [-0.05, 0) is 24.0 Å². The second-order valence-electron chi connectivity index (χ2n) is 3.26. The fourth-order valence-electron chi connectivity index (χ4n) is 1.39. The van der Waals surface area contributed by atoms with Gasteiger partial charge in [-0.15, -0.1) is 0 Å². The predicted molar refractivity (Wildman–Crippen MR) is 53.1 cm³/mol. The van der Waals surface area contributed by atoms with Gasteiger partial charge in [-0.2, -0.15) is 0 Å². The molecule has 13 heavy (non-hydrogen) atoms. The first-order valence-electron chi connectivity index (χ1n) is 4.33. The van der Waals surface area contributed by atoms with E-state index in [4.69, 9.17) is 9.68 Å². The van der Waals surface area contributed by atoms with Gasteiger partial charge in [0.1, 0.15) is 0 Å². The molecule has 1 heterocycles. The van der Waals surface area contributed by atoms with Gasteiger partial charge in [-0.1, -0.05) is 29.8 Å². The zero-order valence-electron chi connectivity index (χ0n) is 7.53. The van der Waals surface area contributed by atoms with Gasteiger partial charge in [0, 0.05) is 0 Å². The molecule has 3 heteroatoms. The zero-order chi connectivity index (χ0) is 9.26. The molecule has 0 atom stereocenters. The first kappa shape index (κ1) is 8.54. The van der Waals surface area contributed by atoms with E-state index in [1.807, 2.05) is 12.1 Å².